The van der Waals surface area contributed by atoms with Crippen molar-refractivity contribution in [3.63, 3.8) is 0 Å². The van der Waals surface area contributed by atoms with Gasteiger partial charge in [0.15, 0.2) is 0 Å². The largest absolute Gasteiger partial charge is 0.481 e. The number of carboxylic acid groups (broad SMARTS) is 1. The molecule has 0 atom stereocenters. The van der Waals surface area contributed by atoms with Gasteiger partial charge in [0.25, 0.3) is 5.91 Å². The van der Waals surface area contributed by atoms with Crippen LogP contribution in [-0.4, -0.2) is 23.5 Å². The van der Waals surface area contributed by atoms with Crippen molar-refractivity contribution in [1.29, 1.82) is 0 Å². The molecule has 20 heavy (non-hydrogen) atoms. The summed E-state index contributed by atoms with van der Waals surface area (Å²) in [6.45, 7) is 0.133. The number of halogens is 1. The molecule has 0 saturated heterocycles. The SMILES string of the molecule is Nc1cc(Cl)cc(C(=O)NCC2(C(=O)O)CCCC2)c1. The minimum atomic E-state index is -0.846. The molecule has 0 bridgehead atoms. The predicted octanol–water partition coefficient (Wildman–Crippen LogP) is 2.30. The Labute approximate surface area is 122 Å². The summed E-state index contributed by atoms with van der Waals surface area (Å²) in [7, 11) is 0. The van der Waals surface area contributed by atoms with Crippen LogP contribution in [0, 0.1) is 5.41 Å². The second-order valence-corrected chi connectivity index (χ2v) is 5.68. The van der Waals surface area contributed by atoms with Crippen LogP contribution in [0.1, 0.15) is 36.0 Å². The first-order chi connectivity index (χ1) is 9.43. The van der Waals surface area contributed by atoms with Gasteiger partial charge in [-0.15, -0.1) is 0 Å². The first-order valence-electron chi connectivity index (χ1n) is 6.51. The second kappa shape index (κ2) is 5.71. The maximum atomic E-state index is 12.1. The molecule has 1 aromatic rings. The van der Waals surface area contributed by atoms with Gasteiger partial charge in [0.2, 0.25) is 0 Å². The van der Waals surface area contributed by atoms with Crippen molar-refractivity contribution in [1.82, 2.24) is 5.32 Å². The fourth-order valence-electron chi connectivity index (χ4n) is 2.61. The molecule has 1 saturated carbocycles. The Balaban J connectivity index is 2.06. The molecule has 2 rings (SSSR count). The van der Waals surface area contributed by atoms with Gasteiger partial charge in [0.05, 0.1) is 5.41 Å². The highest BCUT2D eigenvalue weighted by molar-refractivity contribution is 6.31. The van der Waals surface area contributed by atoms with E-state index in [0.29, 0.717) is 29.1 Å². The number of aliphatic carboxylic acids is 1. The molecule has 0 unspecified atom stereocenters. The smallest absolute Gasteiger partial charge is 0.311 e. The van der Waals surface area contributed by atoms with E-state index in [4.69, 9.17) is 17.3 Å². The number of carboxylic acids is 1. The average molecular weight is 297 g/mol. The highest BCUT2D eigenvalue weighted by atomic mass is 35.5. The summed E-state index contributed by atoms with van der Waals surface area (Å²) in [6, 6.07) is 4.58. The van der Waals surface area contributed by atoms with Crippen molar-refractivity contribution in [3.05, 3.63) is 28.8 Å². The van der Waals surface area contributed by atoms with Crippen molar-refractivity contribution in [3.8, 4) is 0 Å². The zero-order chi connectivity index (χ0) is 14.8. The Bertz CT molecular complexity index is 519. The minimum absolute atomic E-state index is 0.133. The lowest BCUT2D eigenvalue weighted by Gasteiger charge is -2.24. The summed E-state index contributed by atoms with van der Waals surface area (Å²) < 4.78 is 0. The lowest BCUT2D eigenvalue weighted by atomic mass is 9.86. The molecule has 1 aliphatic carbocycles. The molecule has 4 N–H and O–H groups in total. The fraction of sp³-hybridized carbons (Fsp3) is 0.429. The van der Waals surface area contributed by atoms with Gasteiger partial charge in [-0.2, -0.15) is 0 Å². The van der Waals surface area contributed by atoms with Gasteiger partial charge < -0.3 is 16.2 Å². The standard InChI is InChI=1S/C14H17ClN2O3/c15-10-5-9(6-11(16)7-10)12(18)17-8-14(13(19)20)3-1-2-4-14/h5-7H,1-4,8,16H2,(H,17,18)(H,19,20). The van der Waals surface area contributed by atoms with Crippen LogP contribution in [0.2, 0.25) is 5.02 Å². The van der Waals surface area contributed by atoms with E-state index in [1.165, 1.54) is 12.1 Å². The van der Waals surface area contributed by atoms with Gasteiger partial charge in [-0.1, -0.05) is 24.4 Å². The van der Waals surface area contributed by atoms with Gasteiger partial charge >= 0.3 is 5.97 Å². The lowest BCUT2D eigenvalue weighted by molar-refractivity contribution is -0.148. The van der Waals surface area contributed by atoms with E-state index in [0.717, 1.165) is 12.8 Å². The first kappa shape index (κ1) is 14.7. The molecule has 0 aliphatic heterocycles. The van der Waals surface area contributed by atoms with Crippen LogP contribution < -0.4 is 11.1 Å². The van der Waals surface area contributed by atoms with E-state index in [2.05, 4.69) is 5.32 Å². The number of benzene rings is 1. The molecule has 1 aromatic carbocycles. The molecule has 1 fully saturated rings. The van der Waals surface area contributed by atoms with Crippen molar-refractivity contribution in [2.24, 2.45) is 5.41 Å². The van der Waals surface area contributed by atoms with Crippen LogP contribution in [-0.2, 0) is 4.79 Å². The van der Waals surface area contributed by atoms with E-state index in [-0.39, 0.29) is 12.5 Å². The number of hydrogen-bond acceptors (Lipinski definition) is 3. The fourth-order valence-corrected chi connectivity index (χ4v) is 2.86. The Morgan fingerprint density at radius 1 is 1.30 bits per heavy atom. The Kier molecular flexibility index (Phi) is 4.18. The van der Waals surface area contributed by atoms with E-state index < -0.39 is 11.4 Å². The normalized spacial score (nSPS) is 16.9. The number of carbonyl (C=O) groups is 2. The number of anilines is 1. The summed E-state index contributed by atoms with van der Waals surface area (Å²) in [4.78, 5) is 23.4. The molecule has 1 aliphatic rings. The number of rotatable bonds is 4. The zero-order valence-corrected chi connectivity index (χ0v) is 11.7. The summed E-state index contributed by atoms with van der Waals surface area (Å²) in [5, 5.41) is 12.4. The van der Waals surface area contributed by atoms with E-state index in [9.17, 15) is 14.7 Å². The maximum absolute atomic E-state index is 12.1. The van der Waals surface area contributed by atoms with Crippen molar-refractivity contribution >= 4 is 29.2 Å². The highest BCUT2D eigenvalue weighted by Crippen LogP contribution is 2.37. The molecular formula is C14H17ClN2O3. The topological polar surface area (TPSA) is 92.4 Å². The highest BCUT2D eigenvalue weighted by Gasteiger charge is 2.41. The van der Waals surface area contributed by atoms with E-state index in [1.54, 1.807) is 6.07 Å². The molecule has 5 nitrogen and oxygen atoms in total. The van der Waals surface area contributed by atoms with Gasteiger partial charge in [0.1, 0.15) is 0 Å². The number of nitrogens with one attached hydrogen (secondary N) is 1. The van der Waals surface area contributed by atoms with Crippen LogP contribution in [0.3, 0.4) is 0 Å². The Morgan fingerprint density at radius 2 is 1.95 bits per heavy atom. The number of amides is 1. The van der Waals surface area contributed by atoms with E-state index in [1.807, 2.05) is 0 Å². The average Bonchev–Trinajstić information content (AvgIpc) is 2.84. The van der Waals surface area contributed by atoms with Crippen molar-refractivity contribution in [2.75, 3.05) is 12.3 Å². The van der Waals surface area contributed by atoms with Gasteiger partial charge in [0, 0.05) is 22.8 Å². The summed E-state index contributed by atoms with van der Waals surface area (Å²) in [6.07, 6.45) is 2.96. The molecule has 108 valence electrons. The van der Waals surface area contributed by atoms with Crippen LogP contribution in [0.5, 0.6) is 0 Å². The van der Waals surface area contributed by atoms with Crippen molar-refractivity contribution < 1.29 is 14.7 Å². The number of nitrogens with two attached hydrogens (primary N) is 1. The summed E-state index contributed by atoms with van der Waals surface area (Å²) in [5.74, 6) is -1.20. The van der Waals surface area contributed by atoms with Crippen LogP contribution in [0.15, 0.2) is 18.2 Å². The maximum Gasteiger partial charge on any atom is 0.311 e. The molecule has 0 radical (unpaired) electrons. The number of nitrogen functional groups attached to an aromatic ring is 1. The van der Waals surface area contributed by atoms with Crippen LogP contribution in [0.25, 0.3) is 0 Å². The van der Waals surface area contributed by atoms with Crippen LogP contribution in [0.4, 0.5) is 5.69 Å². The Morgan fingerprint density at radius 3 is 2.50 bits per heavy atom. The quantitative estimate of drug-likeness (QED) is 0.743. The summed E-state index contributed by atoms with van der Waals surface area (Å²) >= 11 is 5.85. The molecule has 1 amide bonds. The zero-order valence-electron chi connectivity index (χ0n) is 11.0. The second-order valence-electron chi connectivity index (χ2n) is 5.25. The van der Waals surface area contributed by atoms with Gasteiger partial charge in [-0.25, -0.2) is 0 Å². The molecule has 0 aromatic heterocycles. The van der Waals surface area contributed by atoms with Crippen LogP contribution >= 0.6 is 11.6 Å². The van der Waals surface area contributed by atoms with E-state index >= 15 is 0 Å². The molecule has 0 spiro atoms. The number of hydrogen-bond donors (Lipinski definition) is 3. The van der Waals surface area contributed by atoms with Gasteiger partial charge in [-0.05, 0) is 31.0 Å². The first-order valence-corrected chi connectivity index (χ1v) is 6.88. The molecule has 6 heteroatoms. The van der Waals surface area contributed by atoms with Gasteiger partial charge in [-0.3, -0.25) is 9.59 Å². The van der Waals surface area contributed by atoms with Crippen molar-refractivity contribution in [2.45, 2.75) is 25.7 Å². The third kappa shape index (κ3) is 3.04. The lowest BCUT2D eigenvalue weighted by Crippen LogP contribution is -2.41. The minimum Gasteiger partial charge on any atom is -0.481 e. The third-order valence-corrected chi connectivity index (χ3v) is 4.00. The third-order valence-electron chi connectivity index (χ3n) is 3.78. The monoisotopic (exact) mass is 296 g/mol. The Hall–Kier alpha value is -1.75. The molecule has 0 heterocycles. The predicted molar refractivity (Wildman–Crippen MR) is 76.7 cm³/mol. The summed E-state index contributed by atoms with van der Waals surface area (Å²) in [5.41, 5.74) is 5.54. The number of carbonyl (C=O) groups excluding carboxylic acids is 1. The molecular weight excluding hydrogens is 280 g/mol.